The van der Waals surface area contributed by atoms with E-state index in [0.717, 1.165) is 11.3 Å². The minimum atomic E-state index is -0.123. The number of nitrogens with zero attached hydrogens (tertiary/aromatic N) is 4. The zero-order chi connectivity index (χ0) is 15.0. The number of nitrogens with two attached hydrogens (primary N) is 1. The molecule has 0 saturated heterocycles. The molecule has 21 heavy (non-hydrogen) atoms. The zero-order valence-corrected chi connectivity index (χ0v) is 11.8. The number of hydrogen-bond acceptors (Lipinski definition) is 5. The van der Waals surface area contributed by atoms with Crippen LogP contribution in [0.1, 0.15) is 11.6 Å². The molecule has 0 fully saturated rings. The lowest BCUT2D eigenvalue weighted by Gasteiger charge is -2.08. The lowest BCUT2D eigenvalue weighted by Crippen LogP contribution is -2.21. The molecule has 0 bridgehead atoms. The maximum Gasteiger partial charge on any atom is 0.332 e. The second kappa shape index (κ2) is 5.02. The average Bonchev–Trinajstić information content (AvgIpc) is 3.05. The predicted octanol–water partition coefficient (Wildman–Crippen LogP) is 0.993. The highest BCUT2D eigenvalue weighted by Gasteiger charge is 2.16. The summed E-state index contributed by atoms with van der Waals surface area (Å²) in [6, 6.07) is 7.42. The maximum absolute atomic E-state index is 12.3. The van der Waals surface area contributed by atoms with Crippen molar-refractivity contribution in [2.45, 2.75) is 13.5 Å². The Morgan fingerprint density at radius 1 is 1.33 bits per heavy atom. The van der Waals surface area contributed by atoms with Gasteiger partial charge in [-0.2, -0.15) is 4.98 Å². The van der Waals surface area contributed by atoms with Crippen molar-refractivity contribution < 1.29 is 4.52 Å². The molecule has 3 rings (SSSR count). The van der Waals surface area contributed by atoms with E-state index in [1.807, 2.05) is 31.2 Å². The van der Waals surface area contributed by atoms with E-state index in [2.05, 4.69) is 10.1 Å². The Balaban J connectivity index is 2.23. The summed E-state index contributed by atoms with van der Waals surface area (Å²) in [7, 11) is 1.72. The maximum atomic E-state index is 12.3. The highest BCUT2D eigenvalue weighted by Crippen LogP contribution is 2.24. The molecule has 0 amide bonds. The van der Waals surface area contributed by atoms with Gasteiger partial charge >= 0.3 is 5.69 Å². The molecule has 0 aliphatic rings. The third kappa shape index (κ3) is 2.17. The normalized spacial score (nSPS) is 11.0. The van der Waals surface area contributed by atoms with Gasteiger partial charge in [-0.05, 0) is 19.1 Å². The Morgan fingerprint density at radius 3 is 2.71 bits per heavy atom. The average molecular weight is 285 g/mol. The van der Waals surface area contributed by atoms with Gasteiger partial charge in [0.05, 0.1) is 12.2 Å². The molecular formula is C14H15N5O2. The topological polar surface area (TPSA) is 91.9 Å². The fourth-order valence-corrected chi connectivity index (χ4v) is 2.30. The number of aryl methyl sites for hydroxylation is 2. The van der Waals surface area contributed by atoms with Crippen LogP contribution in [0.5, 0.6) is 0 Å². The van der Waals surface area contributed by atoms with Gasteiger partial charge in [-0.3, -0.25) is 4.57 Å². The quantitative estimate of drug-likeness (QED) is 0.775. The van der Waals surface area contributed by atoms with E-state index in [1.54, 1.807) is 17.8 Å². The fraction of sp³-hybridized carbons (Fsp3) is 0.214. The minimum Gasteiger partial charge on any atom is -0.338 e. The van der Waals surface area contributed by atoms with Crippen LogP contribution in [0.4, 0.5) is 0 Å². The van der Waals surface area contributed by atoms with E-state index in [4.69, 9.17) is 10.3 Å². The van der Waals surface area contributed by atoms with Crippen molar-refractivity contribution >= 4 is 0 Å². The molecule has 7 heteroatoms. The first-order valence-corrected chi connectivity index (χ1v) is 6.49. The van der Waals surface area contributed by atoms with Gasteiger partial charge in [-0.15, -0.1) is 0 Å². The van der Waals surface area contributed by atoms with Crippen molar-refractivity contribution in [2.75, 3.05) is 0 Å². The molecule has 0 aliphatic heterocycles. The van der Waals surface area contributed by atoms with Gasteiger partial charge in [-0.1, -0.05) is 17.3 Å². The van der Waals surface area contributed by atoms with E-state index < -0.39 is 0 Å². The van der Waals surface area contributed by atoms with E-state index in [0.29, 0.717) is 17.4 Å². The van der Waals surface area contributed by atoms with Crippen molar-refractivity contribution in [1.29, 1.82) is 0 Å². The SMILES string of the molecule is Cc1cn(C)c(=O)n1-c1ccccc1-c1noc(CN)n1. The van der Waals surface area contributed by atoms with E-state index in [9.17, 15) is 4.79 Å². The van der Waals surface area contributed by atoms with Crippen LogP contribution >= 0.6 is 0 Å². The van der Waals surface area contributed by atoms with Gasteiger partial charge in [0.2, 0.25) is 11.7 Å². The molecule has 0 atom stereocenters. The molecule has 0 spiro atoms. The van der Waals surface area contributed by atoms with Crippen molar-refractivity contribution in [2.24, 2.45) is 12.8 Å². The summed E-state index contributed by atoms with van der Waals surface area (Å²) in [5.74, 6) is 0.776. The summed E-state index contributed by atoms with van der Waals surface area (Å²) in [6.45, 7) is 2.05. The molecule has 0 aliphatic carbocycles. The van der Waals surface area contributed by atoms with Gasteiger partial charge in [0.15, 0.2) is 0 Å². The Morgan fingerprint density at radius 2 is 2.10 bits per heavy atom. The summed E-state index contributed by atoms with van der Waals surface area (Å²) < 4.78 is 8.20. The van der Waals surface area contributed by atoms with Crippen LogP contribution in [-0.2, 0) is 13.6 Å². The second-order valence-corrected chi connectivity index (χ2v) is 4.73. The van der Waals surface area contributed by atoms with Crippen LogP contribution in [0, 0.1) is 6.92 Å². The third-order valence-electron chi connectivity index (χ3n) is 3.25. The summed E-state index contributed by atoms with van der Waals surface area (Å²) in [5, 5.41) is 3.92. The standard InChI is InChI=1S/C14H15N5O2/c1-9-8-18(2)14(20)19(9)11-6-4-3-5-10(11)13-16-12(7-15)21-17-13/h3-6,8H,7,15H2,1-2H3. The first kappa shape index (κ1) is 13.3. The van der Waals surface area contributed by atoms with E-state index >= 15 is 0 Å². The molecule has 1 aromatic carbocycles. The Kier molecular flexibility index (Phi) is 3.19. The highest BCUT2D eigenvalue weighted by atomic mass is 16.5. The number of rotatable bonds is 3. The van der Waals surface area contributed by atoms with Crippen molar-refractivity contribution in [1.82, 2.24) is 19.3 Å². The van der Waals surface area contributed by atoms with Crippen LogP contribution in [0.25, 0.3) is 17.1 Å². The minimum absolute atomic E-state index is 0.123. The molecule has 3 aromatic rings. The Bertz CT molecular complexity index is 843. The van der Waals surface area contributed by atoms with Crippen LogP contribution in [0.2, 0.25) is 0 Å². The Labute approximate surface area is 120 Å². The third-order valence-corrected chi connectivity index (χ3v) is 3.25. The van der Waals surface area contributed by atoms with Crippen molar-refractivity contribution in [3.8, 4) is 17.1 Å². The van der Waals surface area contributed by atoms with Crippen LogP contribution in [-0.4, -0.2) is 19.3 Å². The largest absolute Gasteiger partial charge is 0.338 e. The summed E-state index contributed by atoms with van der Waals surface area (Å²) >= 11 is 0. The first-order valence-electron chi connectivity index (χ1n) is 6.49. The lowest BCUT2D eigenvalue weighted by atomic mass is 10.1. The molecular weight excluding hydrogens is 270 g/mol. The number of aromatic nitrogens is 4. The predicted molar refractivity (Wildman–Crippen MR) is 76.9 cm³/mol. The first-order chi connectivity index (χ1) is 10.1. The van der Waals surface area contributed by atoms with E-state index in [-0.39, 0.29) is 12.2 Å². The van der Waals surface area contributed by atoms with Crippen LogP contribution < -0.4 is 11.4 Å². The summed E-state index contributed by atoms with van der Waals surface area (Å²) in [5.41, 5.74) is 7.63. The molecule has 108 valence electrons. The smallest absolute Gasteiger partial charge is 0.332 e. The van der Waals surface area contributed by atoms with E-state index in [1.165, 1.54) is 4.57 Å². The number of imidazole rings is 1. The zero-order valence-electron chi connectivity index (χ0n) is 11.8. The second-order valence-electron chi connectivity index (χ2n) is 4.73. The Hall–Kier alpha value is -2.67. The molecule has 0 unspecified atom stereocenters. The lowest BCUT2D eigenvalue weighted by molar-refractivity contribution is 0.380. The van der Waals surface area contributed by atoms with Gasteiger partial charge < -0.3 is 14.8 Å². The number of para-hydroxylation sites is 1. The van der Waals surface area contributed by atoms with Gasteiger partial charge in [0.1, 0.15) is 0 Å². The van der Waals surface area contributed by atoms with Crippen LogP contribution in [0.3, 0.4) is 0 Å². The number of benzene rings is 1. The monoisotopic (exact) mass is 285 g/mol. The molecule has 2 aromatic heterocycles. The highest BCUT2D eigenvalue weighted by molar-refractivity contribution is 5.67. The molecule has 7 nitrogen and oxygen atoms in total. The van der Waals surface area contributed by atoms with Crippen molar-refractivity contribution in [3.05, 3.63) is 52.5 Å². The van der Waals surface area contributed by atoms with Crippen LogP contribution in [0.15, 0.2) is 39.8 Å². The molecule has 0 radical (unpaired) electrons. The summed E-state index contributed by atoms with van der Waals surface area (Å²) in [4.78, 5) is 16.5. The number of hydrogen-bond donors (Lipinski definition) is 1. The molecule has 2 heterocycles. The van der Waals surface area contributed by atoms with Crippen molar-refractivity contribution in [3.63, 3.8) is 0 Å². The van der Waals surface area contributed by atoms with Gasteiger partial charge in [0, 0.05) is 24.5 Å². The fourth-order valence-electron chi connectivity index (χ4n) is 2.30. The van der Waals surface area contributed by atoms with Gasteiger partial charge in [0.25, 0.3) is 0 Å². The van der Waals surface area contributed by atoms with Gasteiger partial charge in [-0.25, -0.2) is 4.79 Å². The summed E-state index contributed by atoms with van der Waals surface area (Å²) in [6.07, 6.45) is 1.78. The molecule has 0 saturated carbocycles. The molecule has 2 N–H and O–H groups in total.